The summed E-state index contributed by atoms with van der Waals surface area (Å²) in [6, 6.07) is 10.5. The van der Waals surface area contributed by atoms with E-state index in [4.69, 9.17) is 0 Å². The van der Waals surface area contributed by atoms with E-state index in [0.29, 0.717) is 37.2 Å². The van der Waals surface area contributed by atoms with Gasteiger partial charge in [0, 0.05) is 50.6 Å². The first-order valence-electron chi connectivity index (χ1n) is 9.07. The average Bonchev–Trinajstić information content (AvgIpc) is 2.67. The van der Waals surface area contributed by atoms with E-state index in [0.717, 1.165) is 5.69 Å². The molecule has 0 aliphatic rings. The molecule has 1 aromatic heterocycles. The van der Waals surface area contributed by atoms with Crippen LogP contribution in [0.4, 0.5) is 0 Å². The van der Waals surface area contributed by atoms with Gasteiger partial charge in [0.25, 0.3) is 5.91 Å². The Bertz CT molecular complexity index is 879. The number of aromatic nitrogens is 1. The van der Waals surface area contributed by atoms with Gasteiger partial charge in [-0.3, -0.25) is 9.78 Å². The molecular formula is C20H27N3O3S. The van der Waals surface area contributed by atoms with Crippen molar-refractivity contribution < 1.29 is 13.2 Å². The van der Waals surface area contributed by atoms with Crippen LogP contribution >= 0.6 is 0 Å². The normalized spacial score (nSPS) is 11.6. The minimum Gasteiger partial charge on any atom is -0.341 e. The van der Waals surface area contributed by atoms with Crippen LogP contribution in [0.2, 0.25) is 0 Å². The molecule has 0 bridgehead atoms. The van der Waals surface area contributed by atoms with Crippen molar-refractivity contribution >= 4 is 15.9 Å². The maximum Gasteiger partial charge on any atom is 0.253 e. The first kappa shape index (κ1) is 21.1. The van der Waals surface area contributed by atoms with Gasteiger partial charge in [0.2, 0.25) is 10.0 Å². The number of likely N-dealkylation sites (N-methyl/N-ethyl adjacent to an activating group) is 1. The van der Waals surface area contributed by atoms with Crippen molar-refractivity contribution in [3.63, 3.8) is 0 Å². The van der Waals surface area contributed by atoms with E-state index < -0.39 is 10.0 Å². The molecule has 27 heavy (non-hydrogen) atoms. The Morgan fingerprint density at radius 2 is 1.81 bits per heavy atom. The number of amides is 1. The van der Waals surface area contributed by atoms with Gasteiger partial charge in [0.1, 0.15) is 0 Å². The van der Waals surface area contributed by atoms with Crippen LogP contribution in [0, 0.1) is 6.92 Å². The zero-order valence-electron chi connectivity index (χ0n) is 16.3. The van der Waals surface area contributed by atoms with Gasteiger partial charge in [0.15, 0.2) is 0 Å². The summed E-state index contributed by atoms with van der Waals surface area (Å²) in [6.45, 7) is 6.63. The molecule has 0 aliphatic carbocycles. The van der Waals surface area contributed by atoms with Gasteiger partial charge in [-0.1, -0.05) is 26.0 Å². The molecule has 6 nitrogen and oxygen atoms in total. The van der Waals surface area contributed by atoms with E-state index in [1.807, 2.05) is 18.2 Å². The van der Waals surface area contributed by atoms with E-state index in [1.54, 1.807) is 51.0 Å². The quantitative estimate of drug-likeness (QED) is 0.696. The summed E-state index contributed by atoms with van der Waals surface area (Å²) in [5, 5.41) is 0. The molecular weight excluding hydrogens is 362 g/mol. The van der Waals surface area contributed by atoms with Crippen molar-refractivity contribution in [2.75, 3.05) is 26.7 Å². The molecule has 0 fully saturated rings. The molecule has 7 heteroatoms. The van der Waals surface area contributed by atoms with Crippen molar-refractivity contribution in [1.29, 1.82) is 0 Å². The van der Waals surface area contributed by atoms with Gasteiger partial charge in [-0.05, 0) is 36.8 Å². The van der Waals surface area contributed by atoms with E-state index in [9.17, 15) is 13.2 Å². The molecule has 0 N–H and O–H groups in total. The lowest BCUT2D eigenvalue weighted by molar-refractivity contribution is 0.0796. The number of hydrogen-bond donors (Lipinski definition) is 0. The maximum atomic E-state index is 12.9. The highest BCUT2D eigenvalue weighted by atomic mass is 32.2. The van der Waals surface area contributed by atoms with Crippen LogP contribution < -0.4 is 0 Å². The average molecular weight is 390 g/mol. The zero-order valence-corrected chi connectivity index (χ0v) is 17.2. The molecule has 1 aromatic carbocycles. The molecule has 0 unspecified atom stereocenters. The van der Waals surface area contributed by atoms with E-state index in [-0.39, 0.29) is 10.8 Å². The zero-order chi connectivity index (χ0) is 20.0. The van der Waals surface area contributed by atoms with Gasteiger partial charge in [-0.2, -0.15) is 4.31 Å². The fourth-order valence-corrected chi connectivity index (χ4v) is 4.57. The lowest BCUT2D eigenvalue weighted by Crippen LogP contribution is -2.32. The first-order valence-corrected chi connectivity index (χ1v) is 10.5. The van der Waals surface area contributed by atoms with Gasteiger partial charge in [-0.15, -0.1) is 0 Å². The fraction of sp³-hybridized carbons (Fsp3) is 0.400. The third-order valence-corrected chi connectivity index (χ3v) is 6.73. The number of aryl methyl sites for hydroxylation is 1. The number of nitrogens with zero attached hydrogens (tertiary/aromatic N) is 3. The van der Waals surface area contributed by atoms with Crippen LogP contribution in [0.3, 0.4) is 0 Å². The van der Waals surface area contributed by atoms with Crippen molar-refractivity contribution in [1.82, 2.24) is 14.2 Å². The molecule has 1 heterocycles. The molecule has 2 aromatic rings. The number of sulfonamides is 1. The summed E-state index contributed by atoms with van der Waals surface area (Å²) in [5.74, 6) is -0.207. The fourth-order valence-electron chi connectivity index (χ4n) is 2.86. The third-order valence-electron chi connectivity index (χ3n) is 4.53. The monoisotopic (exact) mass is 389 g/mol. The Balaban J connectivity index is 2.22. The second-order valence-corrected chi connectivity index (χ2v) is 8.27. The SMILES string of the molecule is CCN(CC)S(=O)(=O)c1cc(C(=O)N(C)CCc2ccccn2)ccc1C. The van der Waals surface area contributed by atoms with Crippen molar-refractivity contribution in [2.45, 2.75) is 32.1 Å². The number of hydrogen-bond acceptors (Lipinski definition) is 4. The van der Waals surface area contributed by atoms with E-state index in [2.05, 4.69) is 4.98 Å². The van der Waals surface area contributed by atoms with Crippen LogP contribution in [-0.2, 0) is 16.4 Å². The standard InChI is InChI=1S/C20H27N3O3S/c1-5-23(6-2)27(25,26)19-15-17(11-10-16(19)3)20(24)22(4)14-12-18-9-7-8-13-21-18/h7-11,13,15H,5-6,12,14H2,1-4H3. The minimum atomic E-state index is -3.62. The highest BCUT2D eigenvalue weighted by Gasteiger charge is 2.25. The predicted molar refractivity (Wildman–Crippen MR) is 106 cm³/mol. The first-order chi connectivity index (χ1) is 12.8. The largest absolute Gasteiger partial charge is 0.341 e. The topological polar surface area (TPSA) is 70.6 Å². The van der Waals surface area contributed by atoms with Crippen molar-refractivity contribution in [2.24, 2.45) is 0 Å². The summed E-state index contributed by atoms with van der Waals surface area (Å²) in [4.78, 5) is 18.8. The lowest BCUT2D eigenvalue weighted by Gasteiger charge is -2.21. The predicted octanol–water partition coefficient (Wildman–Crippen LogP) is 2.74. The summed E-state index contributed by atoms with van der Waals surface area (Å²) < 4.78 is 27.1. The smallest absolute Gasteiger partial charge is 0.253 e. The Morgan fingerprint density at radius 3 is 2.41 bits per heavy atom. The molecule has 0 aliphatic heterocycles. The minimum absolute atomic E-state index is 0.190. The van der Waals surface area contributed by atoms with Crippen molar-refractivity contribution in [3.8, 4) is 0 Å². The Labute approximate surface area is 161 Å². The summed E-state index contributed by atoms with van der Waals surface area (Å²) in [6.07, 6.45) is 2.36. The number of benzene rings is 1. The highest BCUT2D eigenvalue weighted by molar-refractivity contribution is 7.89. The number of rotatable bonds is 8. The second-order valence-electron chi connectivity index (χ2n) is 6.37. The number of pyridine rings is 1. The maximum absolute atomic E-state index is 12.9. The van der Waals surface area contributed by atoms with Crippen LogP contribution in [0.15, 0.2) is 47.5 Å². The number of carbonyl (C=O) groups is 1. The molecule has 1 amide bonds. The summed E-state index contributed by atoms with van der Waals surface area (Å²) in [7, 11) is -1.90. The third kappa shape index (κ3) is 4.93. The molecule has 0 saturated heterocycles. The molecule has 0 spiro atoms. The highest BCUT2D eigenvalue weighted by Crippen LogP contribution is 2.22. The molecule has 146 valence electrons. The van der Waals surface area contributed by atoms with Crippen LogP contribution in [0.1, 0.15) is 35.5 Å². The second kappa shape index (κ2) is 9.10. The van der Waals surface area contributed by atoms with Gasteiger partial charge in [-0.25, -0.2) is 8.42 Å². The number of carbonyl (C=O) groups excluding carboxylic acids is 1. The van der Waals surface area contributed by atoms with E-state index >= 15 is 0 Å². The van der Waals surface area contributed by atoms with Gasteiger partial charge < -0.3 is 4.90 Å². The van der Waals surface area contributed by atoms with Crippen molar-refractivity contribution in [3.05, 3.63) is 59.4 Å². The van der Waals surface area contributed by atoms with Gasteiger partial charge in [0.05, 0.1) is 4.90 Å². The Kier molecular flexibility index (Phi) is 7.10. The summed E-state index contributed by atoms with van der Waals surface area (Å²) >= 11 is 0. The van der Waals surface area contributed by atoms with E-state index in [1.165, 1.54) is 10.4 Å². The van der Waals surface area contributed by atoms with Crippen LogP contribution in [-0.4, -0.2) is 55.2 Å². The molecule has 0 saturated carbocycles. The molecule has 0 atom stereocenters. The molecule has 2 rings (SSSR count). The van der Waals surface area contributed by atoms with Crippen LogP contribution in [0.5, 0.6) is 0 Å². The Hall–Kier alpha value is -2.25. The summed E-state index contributed by atoms with van der Waals surface area (Å²) in [5.41, 5.74) is 1.91. The van der Waals surface area contributed by atoms with Crippen LogP contribution in [0.25, 0.3) is 0 Å². The van der Waals surface area contributed by atoms with Gasteiger partial charge >= 0.3 is 0 Å². The Morgan fingerprint density at radius 1 is 1.11 bits per heavy atom. The molecule has 0 radical (unpaired) electrons. The lowest BCUT2D eigenvalue weighted by atomic mass is 10.1.